The van der Waals surface area contributed by atoms with E-state index in [0.29, 0.717) is 5.92 Å². The Morgan fingerprint density at radius 3 is 2.21 bits per heavy atom. The lowest BCUT2D eigenvalue weighted by atomic mass is 9.68. The Balaban J connectivity index is 1.62. The molecule has 5 rings (SSSR count). The summed E-state index contributed by atoms with van der Waals surface area (Å²) < 4.78 is 0. The van der Waals surface area contributed by atoms with Crippen LogP contribution in [0.2, 0.25) is 0 Å². The Bertz CT molecular complexity index is 987. The summed E-state index contributed by atoms with van der Waals surface area (Å²) in [7, 11) is 1.63. The Hall–Kier alpha value is -3.07. The molecule has 28 heavy (non-hydrogen) atoms. The number of hydrogen-bond donors (Lipinski definition) is 1. The van der Waals surface area contributed by atoms with Crippen molar-refractivity contribution in [2.75, 3.05) is 7.11 Å². The van der Waals surface area contributed by atoms with E-state index < -0.39 is 0 Å². The largest absolute Gasteiger partial charge is 0.399 e. The van der Waals surface area contributed by atoms with E-state index in [1.807, 2.05) is 0 Å². The molecule has 0 spiro atoms. The van der Waals surface area contributed by atoms with Gasteiger partial charge in [-0.05, 0) is 36.0 Å². The fourth-order valence-corrected chi connectivity index (χ4v) is 4.42. The van der Waals surface area contributed by atoms with E-state index >= 15 is 0 Å². The summed E-state index contributed by atoms with van der Waals surface area (Å²) in [4.78, 5) is 8.64. The van der Waals surface area contributed by atoms with Crippen LogP contribution in [0.3, 0.4) is 0 Å². The zero-order valence-corrected chi connectivity index (χ0v) is 16.1. The average Bonchev–Trinajstić information content (AvgIpc) is 3.52. The number of aromatic nitrogens is 1. The number of nitrogens with zero attached hydrogens (tertiary/aromatic N) is 1. The summed E-state index contributed by atoms with van der Waals surface area (Å²) in [6, 6.07) is 21.6. The van der Waals surface area contributed by atoms with Crippen LogP contribution in [0.4, 0.5) is 0 Å². The van der Waals surface area contributed by atoms with Crippen LogP contribution in [0.25, 0.3) is 6.08 Å². The van der Waals surface area contributed by atoms with Gasteiger partial charge in [0.2, 0.25) is 0 Å². The predicted octanol–water partition coefficient (Wildman–Crippen LogP) is 5.33. The molecule has 0 amide bonds. The second-order valence-corrected chi connectivity index (χ2v) is 7.75. The molecule has 1 saturated carbocycles. The van der Waals surface area contributed by atoms with Gasteiger partial charge in [-0.3, -0.25) is 0 Å². The number of benzene rings is 2. The Kier molecular flexibility index (Phi) is 4.16. The number of H-pyrrole nitrogens is 1. The van der Waals surface area contributed by atoms with Crippen molar-refractivity contribution in [3.05, 3.63) is 101 Å². The number of oxime groups is 1. The van der Waals surface area contributed by atoms with Crippen molar-refractivity contribution in [3.8, 4) is 0 Å². The fourth-order valence-electron chi connectivity index (χ4n) is 4.42. The van der Waals surface area contributed by atoms with E-state index in [1.165, 1.54) is 35.1 Å². The maximum Gasteiger partial charge on any atom is 0.107 e. The van der Waals surface area contributed by atoms with Crippen molar-refractivity contribution >= 4 is 11.8 Å². The van der Waals surface area contributed by atoms with Crippen LogP contribution in [0, 0.1) is 5.92 Å². The van der Waals surface area contributed by atoms with Gasteiger partial charge in [-0.15, -0.1) is 0 Å². The molecule has 0 radical (unpaired) electrons. The molecule has 1 fully saturated rings. The molecule has 0 saturated heterocycles. The highest BCUT2D eigenvalue weighted by Crippen LogP contribution is 2.43. The van der Waals surface area contributed by atoms with E-state index in [0.717, 1.165) is 17.8 Å². The molecule has 1 heterocycles. The third-order valence-corrected chi connectivity index (χ3v) is 6.00. The lowest BCUT2D eigenvalue weighted by molar-refractivity contribution is 0.212. The highest BCUT2D eigenvalue weighted by Gasteiger charge is 2.38. The van der Waals surface area contributed by atoms with Crippen LogP contribution in [0.15, 0.2) is 78.1 Å². The summed E-state index contributed by atoms with van der Waals surface area (Å²) in [6.45, 7) is 0. The molecule has 2 aromatic carbocycles. The minimum Gasteiger partial charge on any atom is -0.399 e. The third-order valence-electron chi connectivity index (χ3n) is 6.00. The molecule has 3 nitrogen and oxygen atoms in total. The lowest BCUT2D eigenvalue weighted by Crippen LogP contribution is -2.30. The van der Waals surface area contributed by atoms with Crippen LogP contribution in [0.5, 0.6) is 0 Å². The van der Waals surface area contributed by atoms with Gasteiger partial charge >= 0.3 is 0 Å². The minimum absolute atomic E-state index is 0.160. The minimum atomic E-state index is -0.160. The number of allylic oxidation sites excluding steroid dienone is 1. The summed E-state index contributed by atoms with van der Waals surface area (Å²) in [5, 5.41) is 4.34. The van der Waals surface area contributed by atoms with Gasteiger partial charge < -0.3 is 9.82 Å². The highest BCUT2D eigenvalue weighted by molar-refractivity contribution is 6.05. The molecular weight excluding hydrogens is 344 g/mol. The Morgan fingerprint density at radius 2 is 1.64 bits per heavy atom. The second kappa shape index (κ2) is 6.83. The molecule has 2 aliphatic rings. The van der Waals surface area contributed by atoms with Gasteiger partial charge in [0.1, 0.15) is 12.8 Å². The Labute approximate surface area is 165 Å². The second-order valence-electron chi connectivity index (χ2n) is 7.75. The van der Waals surface area contributed by atoms with Crippen molar-refractivity contribution in [2.45, 2.75) is 24.7 Å². The maximum absolute atomic E-state index is 5.14. The monoisotopic (exact) mass is 368 g/mol. The van der Waals surface area contributed by atoms with E-state index in [-0.39, 0.29) is 5.41 Å². The molecule has 1 aromatic heterocycles. The predicted molar refractivity (Wildman–Crippen MR) is 113 cm³/mol. The zero-order chi connectivity index (χ0) is 19.0. The first kappa shape index (κ1) is 17.1. The van der Waals surface area contributed by atoms with Crippen LogP contribution in [-0.4, -0.2) is 17.8 Å². The average molecular weight is 368 g/mol. The van der Waals surface area contributed by atoms with Crippen molar-refractivity contribution in [1.82, 2.24) is 4.98 Å². The first-order chi connectivity index (χ1) is 13.8. The summed E-state index contributed by atoms with van der Waals surface area (Å²) in [5.74, 6) is 0.519. The zero-order valence-electron chi connectivity index (χ0n) is 16.1. The van der Waals surface area contributed by atoms with Crippen LogP contribution < -0.4 is 0 Å². The van der Waals surface area contributed by atoms with Gasteiger partial charge in [0.25, 0.3) is 0 Å². The normalized spacial score (nSPS) is 18.0. The van der Waals surface area contributed by atoms with Crippen molar-refractivity contribution < 1.29 is 4.84 Å². The summed E-state index contributed by atoms with van der Waals surface area (Å²) in [6.07, 6.45) is 10.1. The van der Waals surface area contributed by atoms with Crippen LogP contribution in [-0.2, 0) is 16.7 Å². The highest BCUT2D eigenvalue weighted by atomic mass is 16.6. The number of nitrogens with one attached hydrogen (secondary N) is 1. The van der Waals surface area contributed by atoms with E-state index in [2.05, 4.69) is 89.2 Å². The number of rotatable bonds is 5. The van der Waals surface area contributed by atoms with Gasteiger partial charge in [0.05, 0.1) is 5.69 Å². The van der Waals surface area contributed by atoms with Crippen molar-refractivity contribution in [2.24, 2.45) is 11.1 Å². The molecular formula is C25H24N2O. The molecule has 0 atom stereocenters. The maximum atomic E-state index is 5.14. The molecule has 0 aliphatic heterocycles. The first-order valence-corrected chi connectivity index (χ1v) is 9.94. The van der Waals surface area contributed by atoms with Crippen LogP contribution >= 0.6 is 0 Å². The first-order valence-electron chi connectivity index (χ1n) is 9.94. The van der Waals surface area contributed by atoms with E-state index in [4.69, 9.17) is 4.84 Å². The quantitative estimate of drug-likeness (QED) is 0.480. The topological polar surface area (TPSA) is 37.4 Å². The Morgan fingerprint density at radius 1 is 1.00 bits per heavy atom. The van der Waals surface area contributed by atoms with E-state index in [1.54, 1.807) is 7.11 Å². The number of fused-ring (bicyclic) bond motifs is 1. The molecule has 3 heteroatoms. The van der Waals surface area contributed by atoms with Crippen molar-refractivity contribution in [1.29, 1.82) is 0 Å². The van der Waals surface area contributed by atoms with Gasteiger partial charge in [-0.1, -0.05) is 78.0 Å². The molecule has 0 bridgehead atoms. The van der Waals surface area contributed by atoms with Crippen molar-refractivity contribution in [3.63, 3.8) is 0 Å². The van der Waals surface area contributed by atoms with Gasteiger partial charge in [-0.2, -0.15) is 0 Å². The fraction of sp³-hybridized carbons (Fsp3) is 0.240. The molecule has 0 unspecified atom stereocenters. The smallest absolute Gasteiger partial charge is 0.107 e. The third kappa shape index (κ3) is 2.78. The van der Waals surface area contributed by atoms with Gasteiger partial charge in [0.15, 0.2) is 0 Å². The van der Waals surface area contributed by atoms with Crippen LogP contribution in [0.1, 0.15) is 40.8 Å². The standard InChI is InChI=1S/C25H24N2O/c1-28-27-23(18-12-13-18)24-22-14-15-25(16-19(22)17-26-24,20-8-4-2-5-9-20)21-10-6-3-7-11-21/h2-11,14-15,17-18,26H,12-13,16H2,1H3/b27-23+. The molecule has 1 N–H and O–H groups in total. The molecule has 2 aliphatic carbocycles. The number of hydrogen-bond acceptors (Lipinski definition) is 2. The molecule has 3 aromatic rings. The van der Waals surface area contributed by atoms with E-state index in [9.17, 15) is 0 Å². The summed E-state index contributed by atoms with van der Waals surface area (Å²) in [5.41, 5.74) is 7.23. The van der Waals surface area contributed by atoms with Gasteiger partial charge in [0, 0.05) is 23.1 Å². The van der Waals surface area contributed by atoms with Gasteiger partial charge in [-0.25, -0.2) is 0 Å². The molecule has 140 valence electrons. The number of aromatic amines is 1. The summed E-state index contributed by atoms with van der Waals surface area (Å²) >= 11 is 0. The SMILES string of the molecule is CO/N=C(/c1[nH]cc2c1C=CC(c1ccccc1)(c1ccccc1)C2)C1CC1. The lowest BCUT2D eigenvalue weighted by Gasteiger charge is -2.35.